The van der Waals surface area contributed by atoms with Crippen molar-refractivity contribution in [2.75, 3.05) is 37.5 Å². The van der Waals surface area contributed by atoms with Crippen LogP contribution in [0.5, 0.6) is 0 Å². The number of morpholine rings is 1. The highest BCUT2D eigenvalue weighted by Gasteiger charge is 2.29. The van der Waals surface area contributed by atoms with Crippen molar-refractivity contribution in [3.05, 3.63) is 82.1 Å². The molecule has 35 heavy (non-hydrogen) atoms. The number of rotatable bonds is 4. The molecule has 0 aromatic heterocycles. The largest absolute Gasteiger partial charge is 0.378 e. The van der Waals surface area contributed by atoms with Gasteiger partial charge in [0.05, 0.1) is 28.8 Å². The third-order valence-corrected chi connectivity index (χ3v) is 7.85. The van der Waals surface area contributed by atoms with Crippen LogP contribution in [0.4, 0.5) is 10.1 Å². The Kier molecular flexibility index (Phi) is 6.29. The molecule has 5 rings (SSSR count). The molecule has 182 valence electrons. The van der Waals surface area contributed by atoms with E-state index in [9.17, 15) is 17.6 Å². The van der Waals surface area contributed by atoms with Gasteiger partial charge in [-0.25, -0.2) is 12.8 Å². The van der Waals surface area contributed by atoms with Crippen molar-refractivity contribution >= 4 is 33.0 Å². The Morgan fingerprint density at radius 2 is 1.63 bits per heavy atom. The zero-order chi connectivity index (χ0) is 24.7. The lowest BCUT2D eigenvalue weighted by molar-refractivity contribution is 0.0752. The van der Waals surface area contributed by atoms with Crippen molar-refractivity contribution in [3.63, 3.8) is 0 Å². The van der Waals surface area contributed by atoms with E-state index in [1.54, 1.807) is 23.1 Å². The first-order chi connectivity index (χ1) is 16.7. The lowest BCUT2D eigenvalue weighted by Crippen LogP contribution is -2.36. The van der Waals surface area contributed by atoms with Crippen LogP contribution in [0.15, 0.2) is 59.5 Å². The summed E-state index contributed by atoms with van der Waals surface area (Å²) in [5.41, 5.74) is 4.32. The molecule has 0 saturated carbocycles. The van der Waals surface area contributed by atoms with Crippen molar-refractivity contribution in [1.29, 1.82) is 0 Å². The van der Waals surface area contributed by atoms with Crippen LogP contribution in [-0.2, 0) is 27.7 Å². The molecular weight excluding hydrogens is 491 g/mol. The van der Waals surface area contributed by atoms with Crippen molar-refractivity contribution in [3.8, 4) is 11.1 Å². The van der Waals surface area contributed by atoms with Gasteiger partial charge >= 0.3 is 0 Å². The normalized spacial score (nSPS) is 15.9. The fraction of sp³-hybridized carbons (Fsp3) is 0.269. The van der Waals surface area contributed by atoms with Gasteiger partial charge in [0.1, 0.15) is 5.82 Å². The van der Waals surface area contributed by atoms with E-state index in [0.717, 1.165) is 36.2 Å². The highest BCUT2D eigenvalue weighted by atomic mass is 35.5. The molecule has 9 heteroatoms. The van der Waals surface area contributed by atoms with Crippen LogP contribution >= 0.6 is 11.6 Å². The molecule has 2 aliphatic heterocycles. The molecule has 0 N–H and O–H groups in total. The third kappa shape index (κ3) is 4.78. The minimum Gasteiger partial charge on any atom is -0.378 e. The van der Waals surface area contributed by atoms with Crippen molar-refractivity contribution < 1.29 is 22.3 Å². The van der Waals surface area contributed by atoms with E-state index < -0.39 is 15.7 Å². The molecule has 0 atom stereocenters. The molecule has 2 heterocycles. The lowest BCUT2D eigenvalue weighted by Gasteiger charge is -2.30. The summed E-state index contributed by atoms with van der Waals surface area (Å²) in [4.78, 5) is 17.6. The lowest BCUT2D eigenvalue weighted by atomic mass is 9.98. The third-order valence-electron chi connectivity index (χ3n) is 6.44. The molecule has 1 amide bonds. The highest BCUT2D eigenvalue weighted by molar-refractivity contribution is 7.90. The van der Waals surface area contributed by atoms with Gasteiger partial charge in [0, 0.05) is 38.0 Å². The SMILES string of the molecule is CS(=O)(=O)c1ccc(-c2ccc(F)cc2)c(C(=O)N2Cc3cc(Cl)c(N4CCOCC4)cc3C2)c1. The Hall–Kier alpha value is -2.94. The Balaban J connectivity index is 1.49. The van der Waals surface area contributed by atoms with Crippen molar-refractivity contribution in [2.24, 2.45) is 0 Å². The first-order valence-electron chi connectivity index (χ1n) is 11.2. The summed E-state index contributed by atoms with van der Waals surface area (Å²) >= 11 is 6.59. The van der Waals surface area contributed by atoms with E-state index in [4.69, 9.17) is 16.3 Å². The number of halogens is 2. The van der Waals surface area contributed by atoms with Gasteiger partial charge in [0.25, 0.3) is 5.91 Å². The Bertz CT molecular complexity index is 1400. The van der Waals surface area contributed by atoms with Gasteiger partial charge < -0.3 is 14.5 Å². The number of sulfone groups is 1. The molecule has 0 unspecified atom stereocenters. The summed E-state index contributed by atoms with van der Waals surface area (Å²) in [6.07, 6.45) is 1.11. The Labute approximate surface area is 208 Å². The van der Waals surface area contributed by atoms with Gasteiger partial charge in [-0.3, -0.25) is 4.79 Å². The number of hydrogen-bond donors (Lipinski definition) is 0. The second-order valence-electron chi connectivity index (χ2n) is 8.82. The summed E-state index contributed by atoms with van der Waals surface area (Å²) in [5, 5.41) is 0.631. The first kappa shape index (κ1) is 23.8. The first-order valence-corrected chi connectivity index (χ1v) is 13.5. The zero-order valence-corrected chi connectivity index (χ0v) is 20.7. The molecule has 0 radical (unpaired) electrons. The molecule has 2 aliphatic rings. The molecule has 3 aromatic rings. The number of anilines is 1. The number of nitrogens with zero attached hydrogens (tertiary/aromatic N) is 2. The van der Waals surface area contributed by atoms with Crippen LogP contribution in [-0.4, -0.2) is 51.8 Å². The molecule has 1 saturated heterocycles. The van der Waals surface area contributed by atoms with E-state index in [0.29, 0.717) is 42.5 Å². The van der Waals surface area contributed by atoms with Crippen LogP contribution < -0.4 is 4.90 Å². The number of amides is 1. The maximum absolute atomic E-state index is 13.7. The maximum atomic E-state index is 13.7. The Morgan fingerprint density at radius 1 is 0.971 bits per heavy atom. The second-order valence-corrected chi connectivity index (χ2v) is 11.2. The highest BCUT2D eigenvalue weighted by Crippen LogP contribution is 2.36. The monoisotopic (exact) mass is 514 g/mol. The van der Waals surface area contributed by atoms with E-state index in [2.05, 4.69) is 4.90 Å². The minimum atomic E-state index is -3.53. The van der Waals surface area contributed by atoms with E-state index >= 15 is 0 Å². The summed E-state index contributed by atoms with van der Waals surface area (Å²) in [5.74, 6) is -0.688. The topological polar surface area (TPSA) is 66.9 Å². The van der Waals surface area contributed by atoms with Crippen LogP contribution in [0, 0.1) is 5.82 Å². The van der Waals surface area contributed by atoms with E-state index in [1.807, 2.05) is 12.1 Å². The van der Waals surface area contributed by atoms with Crippen LogP contribution in [0.3, 0.4) is 0 Å². The van der Waals surface area contributed by atoms with Gasteiger partial charge in [-0.15, -0.1) is 0 Å². The predicted octanol–water partition coefficient (Wildman–Crippen LogP) is 4.54. The van der Waals surface area contributed by atoms with Crippen molar-refractivity contribution in [1.82, 2.24) is 4.90 Å². The number of carbonyl (C=O) groups excluding carboxylic acids is 1. The van der Waals surface area contributed by atoms with Gasteiger partial charge in [-0.05, 0) is 58.7 Å². The summed E-state index contributed by atoms with van der Waals surface area (Å²) < 4.78 is 43.4. The molecule has 0 bridgehead atoms. The van der Waals surface area contributed by atoms with Crippen LogP contribution in [0.2, 0.25) is 5.02 Å². The van der Waals surface area contributed by atoms with Crippen LogP contribution in [0.1, 0.15) is 21.5 Å². The summed E-state index contributed by atoms with van der Waals surface area (Å²) in [6, 6.07) is 14.2. The number of benzene rings is 3. The Morgan fingerprint density at radius 3 is 2.29 bits per heavy atom. The molecule has 6 nitrogen and oxygen atoms in total. The smallest absolute Gasteiger partial charge is 0.255 e. The maximum Gasteiger partial charge on any atom is 0.255 e. The molecule has 0 spiro atoms. The zero-order valence-electron chi connectivity index (χ0n) is 19.1. The molecule has 1 fully saturated rings. The van der Waals surface area contributed by atoms with Gasteiger partial charge in [-0.1, -0.05) is 29.8 Å². The fourth-order valence-corrected chi connectivity index (χ4v) is 5.53. The number of carbonyl (C=O) groups is 1. The fourth-order valence-electron chi connectivity index (χ4n) is 4.58. The number of ether oxygens (including phenoxy) is 1. The molecular formula is C26H24ClFN2O4S. The van der Waals surface area contributed by atoms with Gasteiger partial charge in [0.15, 0.2) is 9.84 Å². The standard InChI is InChI=1S/C26H24ClFN2O4S/c1-35(32,33)21-6-7-22(17-2-4-20(28)5-3-17)23(14-21)26(31)30-15-18-12-24(27)25(13-19(18)16-30)29-8-10-34-11-9-29/h2-7,12-14H,8-11,15-16H2,1H3. The number of hydrogen-bond acceptors (Lipinski definition) is 5. The minimum absolute atomic E-state index is 0.0565. The molecule has 3 aromatic carbocycles. The second kappa shape index (κ2) is 9.26. The average Bonchev–Trinajstić information content (AvgIpc) is 3.26. The van der Waals surface area contributed by atoms with Gasteiger partial charge in [-0.2, -0.15) is 0 Å². The van der Waals surface area contributed by atoms with Gasteiger partial charge in [0.2, 0.25) is 0 Å². The van der Waals surface area contributed by atoms with Crippen molar-refractivity contribution in [2.45, 2.75) is 18.0 Å². The number of fused-ring (bicyclic) bond motifs is 1. The predicted molar refractivity (Wildman–Crippen MR) is 133 cm³/mol. The average molecular weight is 515 g/mol. The van der Waals surface area contributed by atoms with E-state index in [1.165, 1.54) is 24.3 Å². The summed E-state index contributed by atoms with van der Waals surface area (Å²) in [7, 11) is -3.53. The summed E-state index contributed by atoms with van der Waals surface area (Å²) in [6.45, 7) is 3.53. The quantitative estimate of drug-likeness (QED) is 0.511. The molecule has 0 aliphatic carbocycles. The van der Waals surface area contributed by atoms with E-state index in [-0.39, 0.29) is 16.4 Å². The van der Waals surface area contributed by atoms with Crippen LogP contribution in [0.25, 0.3) is 11.1 Å².